The third kappa shape index (κ3) is 3.81. The molecule has 0 aromatic carbocycles. The predicted molar refractivity (Wildman–Crippen MR) is 85.8 cm³/mol. The van der Waals surface area contributed by atoms with Gasteiger partial charge in [0.05, 0.1) is 13.6 Å². The second-order valence-electron chi connectivity index (χ2n) is 5.98. The van der Waals surface area contributed by atoms with Gasteiger partial charge in [-0.05, 0) is 26.7 Å². The van der Waals surface area contributed by atoms with Crippen molar-refractivity contribution in [3.63, 3.8) is 0 Å². The van der Waals surface area contributed by atoms with E-state index in [2.05, 4.69) is 22.1 Å². The summed E-state index contributed by atoms with van der Waals surface area (Å²) in [4.78, 5) is 14.6. The molecule has 2 rings (SSSR count). The lowest BCUT2D eigenvalue weighted by molar-refractivity contribution is -0.671. The quantitative estimate of drug-likeness (QED) is 0.589. The Balaban J connectivity index is 1.94. The molecule has 6 heteroatoms. The zero-order valence-electron chi connectivity index (χ0n) is 14.1. The van der Waals surface area contributed by atoms with Crippen LogP contribution in [-0.4, -0.2) is 41.6 Å². The minimum absolute atomic E-state index is 0.102. The van der Waals surface area contributed by atoms with Gasteiger partial charge in [0, 0.05) is 25.3 Å². The number of carbonyl (C=O) groups excluding carboxylic acids is 1. The molecule has 2 heterocycles. The number of likely N-dealkylation sites (tertiary alicyclic amines) is 1. The number of allylic oxidation sites excluding steroid dienone is 1. The highest BCUT2D eigenvalue weighted by molar-refractivity contribution is 5.93. The summed E-state index contributed by atoms with van der Waals surface area (Å²) in [6.07, 6.45) is 8.29. The lowest BCUT2D eigenvalue weighted by Crippen LogP contribution is -2.39. The molecule has 122 valence electrons. The molecule has 1 fully saturated rings. The van der Waals surface area contributed by atoms with Crippen LogP contribution in [0.3, 0.4) is 0 Å². The molecule has 0 spiro atoms. The van der Waals surface area contributed by atoms with Crippen LogP contribution < -0.4 is 15.2 Å². The molecule has 0 saturated carbocycles. The minimum atomic E-state index is 0.102. The molecule has 1 aliphatic heterocycles. The van der Waals surface area contributed by atoms with Crippen LogP contribution in [-0.2, 0) is 18.4 Å². The third-order valence-corrected chi connectivity index (χ3v) is 4.24. The second-order valence-corrected chi connectivity index (χ2v) is 5.98. The van der Waals surface area contributed by atoms with Crippen LogP contribution in [0.4, 0.5) is 0 Å². The molecule has 1 atom stereocenters. The Bertz CT molecular complexity index is 548. The van der Waals surface area contributed by atoms with Crippen molar-refractivity contribution in [3.8, 4) is 0 Å². The van der Waals surface area contributed by atoms with Crippen molar-refractivity contribution in [2.45, 2.75) is 39.3 Å². The molecule has 2 N–H and O–H groups in total. The van der Waals surface area contributed by atoms with Gasteiger partial charge < -0.3 is 15.5 Å². The van der Waals surface area contributed by atoms with Gasteiger partial charge in [0.25, 0.3) is 5.91 Å². The Morgan fingerprint density at radius 1 is 1.45 bits per heavy atom. The maximum Gasteiger partial charge on any atom is 0.271 e. The molecule has 22 heavy (non-hydrogen) atoms. The molecule has 1 aromatic heterocycles. The Kier molecular flexibility index (Phi) is 5.46. The normalized spacial score (nSPS) is 19.1. The van der Waals surface area contributed by atoms with Gasteiger partial charge in [-0.1, -0.05) is 0 Å². The highest BCUT2D eigenvalue weighted by Gasteiger charge is 2.27. The van der Waals surface area contributed by atoms with Crippen molar-refractivity contribution in [2.24, 2.45) is 7.05 Å². The van der Waals surface area contributed by atoms with Gasteiger partial charge in [0.1, 0.15) is 24.6 Å². The number of aromatic nitrogens is 2. The zero-order chi connectivity index (χ0) is 16.1. The average molecular weight is 306 g/mol. The maximum absolute atomic E-state index is 12.6. The van der Waals surface area contributed by atoms with Crippen molar-refractivity contribution in [1.82, 2.24) is 20.1 Å². The van der Waals surface area contributed by atoms with E-state index in [1.807, 2.05) is 49.2 Å². The maximum atomic E-state index is 12.6. The summed E-state index contributed by atoms with van der Waals surface area (Å²) in [7, 11) is 3.81. The number of imidazole rings is 1. The van der Waals surface area contributed by atoms with Crippen LogP contribution in [0, 0.1) is 0 Å². The first kappa shape index (κ1) is 16.4. The van der Waals surface area contributed by atoms with E-state index in [9.17, 15) is 4.79 Å². The lowest BCUT2D eigenvalue weighted by Gasteiger charge is -2.24. The number of carbonyl (C=O) groups is 1. The van der Waals surface area contributed by atoms with Crippen LogP contribution in [0.15, 0.2) is 30.1 Å². The van der Waals surface area contributed by atoms with Gasteiger partial charge in [0.2, 0.25) is 6.33 Å². The van der Waals surface area contributed by atoms with Crippen molar-refractivity contribution in [2.75, 3.05) is 20.1 Å². The van der Waals surface area contributed by atoms with Crippen molar-refractivity contribution in [3.05, 3.63) is 30.1 Å². The Hall–Kier alpha value is -1.98. The van der Waals surface area contributed by atoms with E-state index in [0.29, 0.717) is 11.7 Å². The summed E-state index contributed by atoms with van der Waals surface area (Å²) in [5.41, 5.74) is 1.58. The Morgan fingerprint density at radius 2 is 2.23 bits per heavy atom. The van der Waals surface area contributed by atoms with E-state index in [-0.39, 0.29) is 5.91 Å². The predicted octanol–water partition coefficient (Wildman–Crippen LogP) is 0.364. The SMILES string of the molecule is CN/C(C(=O)N1CCCC1C)=C(/C)NCCn1cc[n+](C)c1. The number of amides is 1. The number of hydrogen-bond acceptors (Lipinski definition) is 3. The van der Waals surface area contributed by atoms with Crippen LogP contribution in [0.2, 0.25) is 0 Å². The molecular formula is C16H28N5O+. The van der Waals surface area contributed by atoms with E-state index < -0.39 is 0 Å². The number of likely N-dealkylation sites (N-methyl/N-ethyl adjacent to an activating group) is 1. The summed E-state index contributed by atoms with van der Waals surface area (Å²) in [6.45, 7) is 6.59. The molecule has 1 aromatic rings. The first-order chi connectivity index (χ1) is 10.5. The molecule has 1 amide bonds. The smallest absolute Gasteiger partial charge is 0.271 e. The van der Waals surface area contributed by atoms with Gasteiger partial charge in [-0.25, -0.2) is 9.13 Å². The third-order valence-electron chi connectivity index (χ3n) is 4.24. The second kappa shape index (κ2) is 7.33. The molecule has 0 aliphatic carbocycles. The molecule has 0 radical (unpaired) electrons. The molecule has 0 bridgehead atoms. The molecule has 6 nitrogen and oxygen atoms in total. The number of nitrogens with zero attached hydrogens (tertiary/aromatic N) is 3. The summed E-state index contributed by atoms with van der Waals surface area (Å²) >= 11 is 0. The van der Waals surface area contributed by atoms with Gasteiger partial charge in [0.15, 0.2) is 0 Å². The van der Waals surface area contributed by atoms with E-state index in [1.165, 1.54) is 0 Å². The highest BCUT2D eigenvalue weighted by atomic mass is 16.2. The van der Waals surface area contributed by atoms with E-state index >= 15 is 0 Å². The lowest BCUT2D eigenvalue weighted by atomic mass is 10.2. The van der Waals surface area contributed by atoms with Crippen LogP contribution >= 0.6 is 0 Å². The fourth-order valence-electron chi connectivity index (χ4n) is 2.93. The summed E-state index contributed by atoms with van der Waals surface area (Å²) < 4.78 is 4.13. The van der Waals surface area contributed by atoms with Crippen molar-refractivity contribution < 1.29 is 9.36 Å². The first-order valence-electron chi connectivity index (χ1n) is 7.97. The summed E-state index contributed by atoms with van der Waals surface area (Å²) in [6, 6.07) is 0.337. The Labute approximate surface area is 132 Å². The fourth-order valence-corrected chi connectivity index (χ4v) is 2.93. The Morgan fingerprint density at radius 3 is 2.77 bits per heavy atom. The molecule has 1 aliphatic rings. The van der Waals surface area contributed by atoms with Crippen molar-refractivity contribution in [1.29, 1.82) is 0 Å². The standard InChI is InChI=1S/C16H27N5O/c1-13-6-5-8-21(13)16(22)15(17-3)14(2)18-7-9-20-11-10-19(4)12-20/h10-13,17H,5-9H2,1-4H3/p+1. The number of nitrogens with one attached hydrogen (secondary N) is 2. The minimum Gasteiger partial charge on any atom is -0.383 e. The fraction of sp³-hybridized carbons (Fsp3) is 0.625. The zero-order valence-corrected chi connectivity index (χ0v) is 14.1. The van der Waals surface area contributed by atoms with E-state index in [1.54, 1.807) is 0 Å². The van der Waals surface area contributed by atoms with Crippen molar-refractivity contribution >= 4 is 5.91 Å². The number of hydrogen-bond donors (Lipinski definition) is 2. The largest absolute Gasteiger partial charge is 0.383 e. The average Bonchev–Trinajstić information content (AvgIpc) is 3.08. The first-order valence-corrected chi connectivity index (χ1v) is 7.97. The van der Waals surface area contributed by atoms with Crippen LogP contribution in [0.25, 0.3) is 0 Å². The van der Waals surface area contributed by atoms with Gasteiger partial charge in [-0.3, -0.25) is 4.79 Å². The monoisotopic (exact) mass is 306 g/mol. The number of aryl methyl sites for hydroxylation is 1. The topological polar surface area (TPSA) is 53.2 Å². The summed E-state index contributed by atoms with van der Waals surface area (Å²) in [5, 5.41) is 6.42. The molecule has 1 unspecified atom stereocenters. The molecular weight excluding hydrogens is 278 g/mol. The van der Waals surface area contributed by atoms with Gasteiger partial charge in [-0.15, -0.1) is 0 Å². The van der Waals surface area contributed by atoms with Gasteiger partial charge in [-0.2, -0.15) is 0 Å². The van der Waals surface area contributed by atoms with Crippen LogP contribution in [0.1, 0.15) is 26.7 Å². The van der Waals surface area contributed by atoms with Gasteiger partial charge >= 0.3 is 0 Å². The van der Waals surface area contributed by atoms with Crippen LogP contribution in [0.5, 0.6) is 0 Å². The highest BCUT2D eigenvalue weighted by Crippen LogP contribution is 2.18. The van der Waals surface area contributed by atoms with E-state index in [0.717, 1.165) is 38.2 Å². The summed E-state index contributed by atoms with van der Waals surface area (Å²) in [5.74, 6) is 0.102. The number of rotatable bonds is 6. The molecule has 1 saturated heterocycles. The van der Waals surface area contributed by atoms with E-state index in [4.69, 9.17) is 0 Å².